The van der Waals surface area contributed by atoms with Crippen molar-refractivity contribution in [1.29, 1.82) is 0 Å². The molecule has 1 atom stereocenters. The van der Waals surface area contributed by atoms with Crippen LogP contribution >= 0.6 is 0 Å². The second kappa shape index (κ2) is 6.58. The van der Waals surface area contributed by atoms with Crippen LogP contribution in [0, 0.1) is 0 Å². The highest BCUT2D eigenvalue weighted by Crippen LogP contribution is 2.29. The molecule has 130 valence electrons. The lowest BCUT2D eigenvalue weighted by Gasteiger charge is -2.12. The van der Waals surface area contributed by atoms with Gasteiger partial charge in [-0.25, -0.2) is 4.98 Å². The summed E-state index contributed by atoms with van der Waals surface area (Å²) in [5.41, 5.74) is 1.19. The van der Waals surface area contributed by atoms with Crippen LogP contribution in [0.15, 0.2) is 48.5 Å². The second-order valence-corrected chi connectivity index (χ2v) is 5.80. The zero-order chi connectivity index (χ0) is 18.0. The highest BCUT2D eigenvalue weighted by atomic mass is 19.4. The van der Waals surface area contributed by atoms with E-state index in [0.29, 0.717) is 11.4 Å². The number of hydrogen-bond acceptors (Lipinski definition) is 2. The summed E-state index contributed by atoms with van der Waals surface area (Å²) in [6.45, 7) is 1.77. The molecule has 0 saturated carbocycles. The molecule has 2 N–H and O–H groups in total. The van der Waals surface area contributed by atoms with Crippen LogP contribution in [0.3, 0.4) is 0 Å². The van der Waals surface area contributed by atoms with Crippen LogP contribution in [0.5, 0.6) is 0 Å². The molecule has 0 aliphatic carbocycles. The second-order valence-electron chi connectivity index (χ2n) is 5.80. The van der Waals surface area contributed by atoms with Gasteiger partial charge in [0.2, 0.25) is 5.91 Å². The Morgan fingerprint density at radius 1 is 1.20 bits per heavy atom. The van der Waals surface area contributed by atoms with Gasteiger partial charge in [-0.1, -0.05) is 30.3 Å². The average molecular weight is 347 g/mol. The van der Waals surface area contributed by atoms with E-state index in [4.69, 9.17) is 0 Å². The van der Waals surface area contributed by atoms with Crippen LogP contribution in [-0.2, 0) is 17.4 Å². The van der Waals surface area contributed by atoms with Crippen LogP contribution in [-0.4, -0.2) is 15.9 Å². The number of aromatic nitrogens is 2. The van der Waals surface area contributed by atoms with Gasteiger partial charge in [0.05, 0.1) is 29.1 Å². The lowest BCUT2D eigenvalue weighted by molar-refractivity contribution is -0.137. The van der Waals surface area contributed by atoms with Gasteiger partial charge in [0.15, 0.2) is 0 Å². The van der Waals surface area contributed by atoms with Gasteiger partial charge >= 0.3 is 6.18 Å². The Morgan fingerprint density at radius 3 is 2.68 bits per heavy atom. The number of nitrogens with one attached hydrogen (secondary N) is 2. The molecule has 3 rings (SSSR count). The highest BCUT2D eigenvalue weighted by molar-refractivity contribution is 5.79. The molecule has 7 heteroatoms. The molecule has 1 amide bonds. The summed E-state index contributed by atoms with van der Waals surface area (Å²) in [7, 11) is 0. The number of carbonyl (C=O) groups is 1. The Bertz CT molecular complexity index is 869. The normalized spacial score (nSPS) is 13.0. The van der Waals surface area contributed by atoms with Crippen LogP contribution in [0.4, 0.5) is 13.2 Å². The summed E-state index contributed by atoms with van der Waals surface area (Å²) in [4.78, 5) is 19.7. The summed E-state index contributed by atoms with van der Waals surface area (Å²) in [5, 5.41) is 2.75. The molecule has 4 nitrogen and oxygen atoms in total. The number of nitrogens with zero attached hydrogens (tertiary/aromatic N) is 1. The number of carbonyl (C=O) groups excluding carboxylic acids is 1. The lowest BCUT2D eigenvalue weighted by atomic mass is 10.1. The van der Waals surface area contributed by atoms with E-state index in [2.05, 4.69) is 15.3 Å². The molecule has 2 aromatic carbocycles. The summed E-state index contributed by atoms with van der Waals surface area (Å²) in [5.74, 6) is 0.228. The minimum absolute atomic E-state index is 0.130. The first-order valence-electron chi connectivity index (χ1n) is 7.73. The molecular weight excluding hydrogens is 331 g/mol. The zero-order valence-corrected chi connectivity index (χ0v) is 13.4. The molecule has 0 radical (unpaired) electrons. The molecule has 0 saturated heterocycles. The van der Waals surface area contributed by atoms with Crippen LogP contribution in [0.2, 0.25) is 0 Å². The number of para-hydroxylation sites is 2. The van der Waals surface area contributed by atoms with E-state index in [0.717, 1.165) is 23.2 Å². The van der Waals surface area contributed by atoms with Gasteiger partial charge in [-0.2, -0.15) is 13.2 Å². The number of benzene rings is 2. The molecule has 1 heterocycles. The maximum Gasteiger partial charge on any atom is 0.416 e. The van der Waals surface area contributed by atoms with Crippen molar-refractivity contribution in [3.63, 3.8) is 0 Å². The minimum Gasteiger partial charge on any atom is -0.346 e. The molecule has 3 aromatic rings. The highest BCUT2D eigenvalue weighted by Gasteiger charge is 2.30. The lowest BCUT2D eigenvalue weighted by Crippen LogP contribution is -2.28. The van der Waals surface area contributed by atoms with Gasteiger partial charge in [0, 0.05) is 0 Å². The predicted molar refractivity (Wildman–Crippen MR) is 87.8 cm³/mol. The Balaban J connectivity index is 1.68. The fourth-order valence-electron chi connectivity index (χ4n) is 2.58. The molecule has 0 fully saturated rings. The minimum atomic E-state index is -4.42. The molecule has 0 aliphatic rings. The standard InChI is InChI=1S/C18H16F3N3O/c1-11(17-23-14-7-2-3-8-15(14)24-17)22-16(25)10-12-5-4-6-13(9-12)18(19,20)21/h2-9,11H,10H2,1H3,(H,22,25)(H,23,24). The molecule has 0 bridgehead atoms. The van der Waals surface area contributed by atoms with Crippen molar-refractivity contribution in [3.05, 3.63) is 65.5 Å². The number of hydrogen-bond donors (Lipinski definition) is 2. The SMILES string of the molecule is CC(NC(=O)Cc1cccc(C(F)(F)F)c1)c1nc2ccccc2[nH]1. The van der Waals surface area contributed by atoms with E-state index in [-0.39, 0.29) is 18.4 Å². The van der Waals surface area contributed by atoms with E-state index in [1.165, 1.54) is 12.1 Å². The van der Waals surface area contributed by atoms with Gasteiger partial charge in [-0.15, -0.1) is 0 Å². The van der Waals surface area contributed by atoms with Gasteiger partial charge < -0.3 is 10.3 Å². The average Bonchev–Trinajstić information content (AvgIpc) is 2.98. The maximum atomic E-state index is 12.7. The quantitative estimate of drug-likeness (QED) is 0.749. The summed E-state index contributed by atoms with van der Waals surface area (Å²) < 4.78 is 38.2. The van der Waals surface area contributed by atoms with Gasteiger partial charge in [-0.3, -0.25) is 4.79 Å². The van der Waals surface area contributed by atoms with Crippen LogP contribution < -0.4 is 5.32 Å². The van der Waals surface area contributed by atoms with Crippen molar-refractivity contribution >= 4 is 16.9 Å². The van der Waals surface area contributed by atoms with E-state index >= 15 is 0 Å². The Labute approximate surface area is 142 Å². The van der Waals surface area contributed by atoms with E-state index < -0.39 is 11.7 Å². The van der Waals surface area contributed by atoms with Gasteiger partial charge in [0.1, 0.15) is 5.82 Å². The van der Waals surface area contributed by atoms with E-state index in [9.17, 15) is 18.0 Å². The molecule has 25 heavy (non-hydrogen) atoms. The van der Waals surface area contributed by atoms with Crippen molar-refractivity contribution < 1.29 is 18.0 Å². The molecular formula is C18H16F3N3O. The smallest absolute Gasteiger partial charge is 0.346 e. The number of rotatable bonds is 4. The number of amides is 1. The fraction of sp³-hybridized carbons (Fsp3) is 0.222. The van der Waals surface area contributed by atoms with Crippen molar-refractivity contribution in [1.82, 2.24) is 15.3 Å². The summed E-state index contributed by atoms with van der Waals surface area (Å²) in [6.07, 6.45) is -4.55. The zero-order valence-electron chi connectivity index (χ0n) is 13.4. The molecule has 0 spiro atoms. The Kier molecular flexibility index (Phi) is 4.48. The first kappa shape index (κ1) is 17.0. The first-order chi connectivity index (χ1) is 11.8. The third-order valence-electron chi connectivity index (χ3n) is 3.81. The number of H-pyrrole nitrogens is 1. The van der Waals surface area contributed by atoms with E-state index in [1.807, 2.05) is 24.3 Å². The van der Waals surface area contributed by atoms with Crippen molar-refractivity contribution in [2.75, 3.05) is 0 Å². The largest absolute Gasteiger partial charge is 0.416 e. The summed E-state index contributed by atoms with van der Waals surface area (Å²) >= 11 is 0. The predicted octanol–water partition coefficient (Wildman–Crippen LogP) is 4.00. The number of fused-ring (bicyclic) bond motifs is 1. The van der Waals surface area contributed by atoms with Crippen LogP contribution in [0.25, 0.3) is 11.0 Å². The molecule has 0 aliphatic heterocycles. The molecule has 1 aromatic heterocycles. The number of aromatic amines is 1. The third-order valence-corrected chi connectivity index (χ3v) is 3.81. The first-order valence-corrected chi connectivity index (χ1v) is 7.73. The Morgan fingerprint density at radius 2 is 1.96 bits per heavy atom. The topological polar surface area (TPSA) is 57.8 Å². The monoisotopic (exact) mass is 347 g/mol. The Hall–Kier alpha value is -2.83. The van der Waals surface area contributed by atoms with Gasteiger partial charge in [-0.05, 0) is 30.7 Å². The number of halogens is 3. The van der Waals surface area contributed by atoms with Crippen molar-refractivity contribution in [2.45, 2.75) is 25.6 Å². The maximum absolute atomic E-state index is 12.7. The van der Waals surface area contributed by atoms with Gasteiger partial charge in [0.25, 0.3) is 0 Å². The fourth-order valence-corrected chi connectivity index (χ4v) is 2.58. The van der Waals surface area contributed by atoms with E-state index in [1.54, 1.807) is 6.92 Å². The van der Waals surface area contributed by atoms with Crippen LogP contribution in [0.1, 0.15) is 29.9 Å². The van der Waals surface area contributed by atoms with Crippen molar-refractivity contribution in [3.8, 4) is 0 Å². The number of alkyl halides is 3. The summed E-state index contributed by atoms with van der Waals surface area (Å²) in [6, 6.07) is 11.9. The third kappa shape index (κ3) is 3.99. The van der Waals surface area contributed by atoms with Crippen molar-refractivity contribution in [2.24, 2.45) is 0 Å². The molecule has 1 unspecified atom stereocenters. The number of imidazole rings is 1.